The molecule has 6 nitrogen and oxygen atoms in total. The predicted molar refractivity (Wildman–Crippen MR) is 107 cm³/mol. The molecule has 0 unspecified atom stereocenters. The van der Waals surface area contributed by atoms with Gasteiger partial charge in [-0.15, -0.1) is 11.3 Å². The van der Waals surface area contributed by atoms with Crippen LogP contribution in [0.15, 0.2) is 35.7 Å². The van der Waals surface area contributed by atoms with Gasteiger partial charge in [0.1, 0.15) is 10.5 Å². The fraction of sp³-hybridized carbons (Fsp3) is 0.429. The van der Waals surface area contributed by atoms with Gasteiger partial charge in [-0.2, -0.15) is 5.26 Å². The third kappa shape index (κ3) is 4.07. The highest BCUT2D eigenvalue weighted by Gasteiger charge is 2.40. The number of rotatable bonds is 5. The maximum absolute atomic E-state index is 12.8. The lowest BCUT2D eigenvalue weighted by Gasteiger charge is -2.39. The van der Waals surface area contributed by atoms with Gasteiger partial charge in [0.15, 0.2) is 11.8 Å². The highest BCUT2D eigenvalue weighted by atomic mass is 32.1. The second-order valence-corrected chi connectivity index (χ2v) is 7.91. The number of aromatic nitrogens is 1. The highest BCUT2D eigenvalue weighted by molar-refractivity contribution is 7.13. The summed E-state index contributed by atoms with van der Waals surface area (Å²) >= 11 is 1.35. The predicted octanol–water partition coefficient (Wildman–Crippen LogP) is 4.04. The van der Waals surface area contributed by atoms with Crippen LogP contribution in [0.1, 0.15) is 49.5 Å². The van der Waals surface area contributed by atoms with Gasteiger partial charge in [0, 0.05) is 18.0 Å². The number of carbonyl (C=O) groups excluding carboxylic acids is 2. The molecule has 1 fully saturated rings. The minimum absolute atomic E-state index is 0.179. The van der Waals surface area contributed by atoms with E-state index in [1.54, 1.807) is 12.4 Å². The molecule has 2 aromatic rings. The molecule has 0 spiro atoms. The molecule has 1 aliphatic carbocycles. The molecule has 1 atom stereocenters. The number of hydrogen-bond acceptors (Lipinski definition) is 6. The Morgan fingerprint density at radius 1 is 1.25 bits per heavy atom. The molecule has 0 N–H and O–H groups in total. The summed E-state index contributed by atoms with van der Waals surface area (Å²) in [6.07, 6.45) is 3.23. The maximum Gasteiger partial charge on any atom is 0.358 e. The molecule has 1 aliphatic rings. The molecule has 7 heteroatoms. The van der Waals surface area contributed by atoms with Crippen molar-refractivity contribution in [1.82, 2.24) is 9.88 Å². The van der Waals surface area contributed by atoms with E-state index in [2.05, 4.69) is 11.1 Å². The zero-order valence-electron chi connectivity index (χ0n) is 16.1. The molecule has 1 aromatic carbocycles. The van der Waals surface area contributed by atoms with Crippen LogP contribution < -0.4 is 0 Å². The molecule has 3 rings (SSSR count). The molecule has 146 valence electrons. The first-order valence-corrected chi connectivity index (χ1v) is 10.3. The first-order chi connectivity index (χ1) is 13.5. The maximum atomic E-state index is 12.8. The van der Waals surface area contributed by atoms with Gasteiger partial charge in [-0.1, -0.05) is 49.6 Å². The van der Waals surface area contributed by atoms with E-state index in [1.807, 2.05) is 30.3 Å². The Kier molecular flexibility index (Phi) is 6.10. The molecule has 28 heavy (non-hydrogen) atoms. The van der Waals surface area contributed by atoms with Gasteiger partial charge in [-0.25, -0.2) is 9.78 Å². The monoisotopic (exact) mass is 397 g/mol. The third-order valence-electron chi connectivity index (χ3n) is 5.23. The largest absolute Gasteiger partial charge is 0.448 e. The van der Waals surface area contributed by atoms with Crippen molar-refractivity contribution in [1.29, 1.82) is 5.26 Å². The number of thiazole rings is 1. The summed E-state index contributed by atoms with van der Waals surface area (Å²) in [5.74, 6) is -1.00. The Labute approximate surface area is 168 Å². The van der Waals surface area contributed by atoms with E-state index in [0.29, 0.717) is 17.8 Å². The number of ether oxygens (including phenoxy) is 1. The highest BCUT2D eigenvalue weighted by Crippen LogP contribution is 2.33. The average molecular weight is 398 g/mol. The molecular weight excluding hydrogens is 374 g/mol. The average Bonchev–Trinajstić information content (AvgIpc) is 3.24. The molecule has 0 saturated heterocycles. The van der Waals surface area contributed by atoms with Crippen LogP contribution in [0.3, 0.4) is 0 Å². The second kappa shape index (κ2) is 8.53. The first kappa shape index (κ1) is 20.0. The van der Waals surface area contributed by atoms with Crippen molar-refractivity contribution >= 4 is 23.2 Å². The smallest absolute Gasteiger partial charge is 0.358 e. The Hall–Kier alpha value is -2.72. The first-order valence-electron chi connectivity index (χ1n) is 9.38. The summed E-state index contributed by atoms with van der Waals surface area (Å²) in [6.45, 7) is 1.54. The number of nitriles is 1. The molecule has 0 radical (unpaired) electrons. The van der Waals surface area contributed by atoms with Crippen LogP contribution in [0.25, 0.3) is 10.6 Å². The molecule has 1 aromatic heterocycles. The van der Waals surface area contributed by atoms with Crippen molar-refractivity contribution < 1.29 is 14.3 Å². The standard InChI is InChI=1S/C21H23N3O3S/c1-15(19(25)24(2)21(14-22)11-7-4-8-12-21)27-20(26)17-13-28-18(23-17)16-9-5-3-6-10-16/h3,5-6,9-10,13,15H,4,7-8,11-12H2,1-2H3/t15-/m1/s1. The van der Waals surface area contributed by atoms with E-state index in [9.17, 15) is 14.9 Å². The van der Waals surface area contributed by atoms with Gasteiger partial charge < -0.3 is 9.64 Å². The topological polar surface area (TPSA) is 83.3 Å². The van der Waals surface area contributed by atoms with E-state index in [-0.39, 0.29) is 11.6 Å². The van der Waals surface area contributed by atoms with E-state index < -0.39 is 17.6 Å². The number of hydrogen-bond donors (Lipinski definition) is 0. The lowest BCUT2D eigenvalue weighted by molar-refractivity contribution is -0.143. The zero-order chi connectivity index (χ0) is 20.1. The summed E-state index contributed by atoms with van der Waals surface area (Å²) in [5.41, 5.74) is 0.291. The summed E-state index contributed by atoms with van der Waals surface area (Å²) in [6, 6.07) is 11.9. The van der Waals surface area contributed by atoms with Gasteiger partial charge in [0.05, 0.1) is 6.07 Å². The van der Waals surface area contributed by atoms with Crippen molar-refractivity contribution in [2.45, 2.75) is 50.7 Å². The fourth-order valence-corrected chi connectivity index (χ4v) is 4.29. The summed E-state index contributed by atoms with van der Waals surface area (Å²) < 4.78 is 5.35. The lowest BCUT2D eigenvalue weighted by atomic mass is 9.81. The minimum atomic E-state index is -0.980. The Bertz CT molecular complexity index is 882. The van der Waals surface area contributed by atoms with Crippen LogP contribution in [0, 0.1) is 11.3 Å². The summed E-state index contributed by atoms with van der Waals surface area (Å²) in [5, 5.41) is 12.0. The van der Waals surface area contributed by atoms with Crippen molar-refractivity contribution in [2.24, 2.45) is 0 Å². The minimum Gasteiger partial charge on any atom is -0.448 e. The molecular formula is C21H23N3O3S. The van der Waals surface area contributed by atoms with Crippen molar-refractivity contribution in [2.75, 3.05) is 7.05 Å². The van der Waals surface area contributed by atoms with Crippen LogP contribution >= 0.6 is 11.3 Å². The van der Waals surface area contributed by atoms with Crippen LogP contribution in [0.4, 0.5) is 0 Å². The lowest BCUT2D eigenvalue weighted by Crippen LogP contribution is -2.53. The number of likely N-dealkylation sites (N-methyl/N-ethyl adjacent to an activating group) is 1. The number of amides is 1. The fourth-order valence-electron chi connectivity index (χ4n) is 3.49. The van der Waals surface area contributed by atoms with Crippen LogP contribution in [-0.4, -0.2) is 40.5 Å². The van der Waals surface area contributed by atoms with Crippen molar-refractivity contribution in [3.05, 3.63) is 41.4 Å². The third-order valence-corrected chi connectivity index (χ3v) is 6.12. The zero-order valence-corrected chi connectivity index (χ0v) is 16.9. The van der Waals surface area contributed by atoms with Gasteiger partial charge in [0.25, 0.3) is 5.91 Å². The van der Waals surface area contributed by atoms with Crippen LogP contribution in [0.2, 0.25) is 0 Å². The van der Waals surface area contributed by atoms with Gasteiger partial charge in [-0.05, 0) is 19.8 Å². The molecule has 0 bridgehead atoms. The van der Waals surface area contributed by atoms with E-state index in [0.717, 1.165) is 24.8 Å². The number of esters is 1. The van der Waals surface area contributed by atoms with Crippen LogP contribution in [0.5, 0.6) is 0 Å². The van der Waals surface area contributed by atoms with Gasteiger partial charge >= 0.3 is 5.97 Å². The Morgan fingerprint density at radius 2 is 1.93 bits per heavy atom. The molecule has 1 amide bonds. The van der Waals surface area contributed by atoms with E-state index >= 15 is 0 Å². The second-order valence-electron chi connectivity index (χ2n) is 7.05. The number of nitrogens with zero attached hydrogens (tertiary/aromatic N) is 3. The van der Waals surface area contributed by atoms with Crippen molar-refractivity contribution in [3.8, 4) is 16.6 Å². The van der Waals surface area contributed by atoms with E-state index in [4.69, 9.17) is 4.74 Å². The quantitative estimate of drug-likeness (QED) is 0.711. The Morgan fingerprint density at radius 3 is 2.57 bits per heavy atom. The van der Waals surface area contributed by atoms with Crippen LogP contribution in [-0.2, 0) is 9.53 Å². The number of carbonyl (C=O) groups is 2. The van der Waals surface area contributed by atoms with E-state index in [1.165, 1.54) is 23.2 Å². The van der Waals surface area contributed by atoms with Gasteiger partial charge in [-0.3, -0.25) is 4.79 Å². The summed E-state index contributed by atoms with van der Waals surface area (Å²) in [4.78, 5) is 31.0. The summed E-state index contributed by atoms with van der Waals surface area (Å²) in [7, 11) is 1.62. The van der Waals surface area contributed by atoms with Crippen molar-refractivity contribution in [3.63, 3.8) is 0 Å². The Balaban J connectivity index is 1.66. The SMILES string of the molecule is C[C@@H](OC(=O)c1csc(-c2ccccc2)n1)C(=O)N(C)C1(C#N)CCCCC1. The normalized spacial score (nSPS) is 16.6. The molecule has 1 saturated carbocycles. The van der Waals surface area contributed by atoms with Gasteiger partial charge in [0.2, 0.25) is 0 Å². The number of benzene rings is 1. The molecule has 1 heterocycles. The molecule has 0 aliphatic heterocycles.